The molecule has 1 fully saturated rings. The van der Waals surface area contributed by atoms with E-state index in [9.17, 15) is 19.7 Å². The Hall–Kier alpha value is -3.07. The molecule has 0 atom stereocenters. The van der Waals surface area contributed by atoms with E-state index in [1.807, 2.05) is 0 Å². The van der Waals surface area contributed by atoms with E-state index in [4.69, 9.17) is 0 Å². The van der Waals surface area contributed by atoms with Crippen molar-refractivity contribution < 1.29 is 9.72 Å². The zero-order valence-corrected chi connectivity index (χ0v) is 17.4. The van der Waals surface area contributed by atoms with Gasteiger partial charge in [-0.05, 0) is 18.4 Å². The van der Waals surface area contributed by atoms with E-state index < -0.39 is 4.92 Å². The minimum absolute atomic E-state index is 0.0413. The molecule has 3 aromatic rings. The van der Waals surface area contributed by atoms with Gasteiger partial charge in [0.1, 0.15) is 11.4 Å². The lowest BCUT2D eigenvalue weighted by atomic mass is 9.94. The molecule has 0 bridgehead atoms. The Bertz CT molecular complexity index is 1160. The van der Waals surface area contributed by atoms with Crippen LogP contribution in [0.5, 0.6) is 0 Å². The number of amides is 1. The third kappa shape index (κ3) is 3.85. The van der Waals surface area contributed by atoms with Crippen LogP contribution in [-0.4, -0.2) is 38.4 Å². The maximum Gasteiger partial charge on any atom is 0.270 e. The summed E-state index contributed by atoms with van der Waals surface area (Å²) in [6.07, 6.45) is 6.85. The highest BCUT2D eigenvalue weighted by molar-refractivity contribution is 7.17. The number of fused-ring (bicyclic) bond motifs is 1. The van der Waals surface area contributed by atoms with E-state index in [0.717, 1.165) is 25.7 Å². The van der Waals surface area contributed by atoms with Crippen molar-refractivity contribution in [3.05, 3.63) is 56.4 Å². The van der Waals surface area contributed by atoms with Crippen LogP contribution in [-0.2, 0) is 11.3 Å². The second kappa shape index (κ2) is 8.35. The second-order valence-corrected chi connectivity index (χ2v) is 8.47. The molecule has 1 aromatic carbocycles. The molecule has 2 heterocycles. The average Bonchev–Trinajstić information content (AvgIpc) is 3.21. The van der Waals surface area contributed by atoms with Crippen molar-refractivity contribution >= 4 is 33.1 Å². The van der Waals surface area contributed by atoms with Gasteiger partial charge in [-0.1, -0.05) is 31.4 Å². The van der Waals surface area contributed by atoms with Crippen LogP contribution < -0.4 is 5.56 Å². The fourth-order valence-corrected chi connectivity index (χ4v) is 4.92. The summed E-state index contributed by atoms with van der Waals surface area (Å²) in [6.45, 7) is -0.0704. The Balaban J connectivity index is 1.66. The topological polar surface area (TPSA) is 98.3 Å². The number of aromatic nitrogens is 2. The van der Waals surface area contributed by atoms with Crippen LogP contribution >= 0.6 is 11.3 Å². The Kier molecular flexibility index (Phi) is 5.63. The van der Waals surface area contributed by atoms with Crippen molar-refractivity contribution in [1.82, 2.24) is 14.5 Å². The lowest BCUT2D eigenvalue weighted by Gasteiger charge is -2.31. The van der Waals surface area contributed by atoms with Crippen molar-refractivity contribution in [1.29, 1.82) is 0 Å². The molecule has 1 amide bonds. The first-order valence-corrected chi connectivity index (χ1v) is 10.8. The summed E-state index contributed by atoms with van der Waals surface area (Å²) in [5.74, 6) is -0.114. The number of non-ortho nitro benzene ring substituents is 1. The zero-order valence-electron chi connectivity index (χ0n) is 16.6. The first-order valence-electron chi connectivity index (χ1n) is 9.93. The largest absolute Gasteiger partial charge is 0.341 e. The minimum atomic E-state index is -0.464. The molecule has 0 unspecified atom stereocenters. The predicted octanol–water partition coefficient (Wildman–Crippen LogP) is 3.82. The number of nitrogens with zero attached hydrogens (tertiary/aromatic N) is 4. The van der Waals surface area contributed by atoms with Crippen molar-refractivity contribution in [2.24, 2.45) is 0 Å². The molecule has 4 rings (SSSR count). The number of hydrogen-bond donors (Lipinski definition) is 0. The van der Waals surface area contributed by atoms with Gasteiger partial charge in [0.15, 0.2) is 0 Å². The SMILES string of the molecule is CN(C(=O)Cn1cnc2scc(-c3cccc([N+](=O)[O-])c3)c2c1=O)C1CCCCC1. The summed E-state index contributed by atoms with van der Waals surface area (Å²) in [5, 5.41) is 13.3. The fraction of sp³-hybridized carbons (Fsp3) is 0.381. The van der Waals surface area contributed by atoms with Crippen molar-refractivity contribution in [3.63, 3.8) is 0 Å². The van der Waals surface area contributed by atoms with Gasteiger partial charge in [-0.2, -0.15) is 0 Å². The molecule has 30 heavy (non-hydrogen) atoms. The molecule has 2 aromatic heterocycles. The number of hydrogen-bond acceptors (Lipinski definition) is 6. The van der Waals surface area contributed by atoms with Gasteiger partial charge in [-0.25, -0.2) is 4.98 Å². The van der Waals surface area contributed by atoms with Crippen LogP contribution in [0, 0.1) is 10.1 Å². The second-order valence-electron chi connectivity index (χ2n) is 7.61. The first-order chi connectivity index (χ1) is 14.5. The number of nitro groups is 1. The van der Waals surface area contributed by atoms with E-state index in [1.54, 1.807) is 29.5 Å². The molecular weight excluding hydrogens is 404 g/mol. The van der Waals surface area contributed by atoms with Crippen molar-refractivity contribution in [2.75, 3.05) is 7.05 Å². The number of likely N-dealkylation sites (N-methyl/N-ethyl adjacent to an activating group) is 1. The van der Waals surface area contributed by atoms with E-state index in [1.165, 1.54) is 40.8 Å². The quantitative estimate of drug-likeness (QED) is 0.456. The monoisotopic (exact) mass is 426 g/mol. The molecule has 0 N–H and O–H groups in total. The van der Waals surface area contributed by atoms with Gasteiger partial charge in [-0.15, -0.1) is 11.3 Å². The van der Waals surface area contributed by atoms with E-state index in [-0.39, 0.29) is 29.7 Å². The third-order valence-electron chi connectivity index (χ3n) is 5.75. The normalized spacial score (nSPS) is 14.7. The van der Waals surface area contributed by atoms with Crippen LogP contribution in [0.3, 0.4) is 0 Å². The minimum Gasteiger partial charge on any atom is -0.341 e. The van der Waals surface area contributed by atoms with Crippen LogP contribution in [0.1, 0.15) is 32.1 Å². The smallest absolute Gasteiger partial charge is 0.270 e. The highest BCUT2D eigenvalue weighted by atomic mass is 32.1. The molecule has 1 saturated carbocycles. The van der Waals surface area contributed by atoms with Crippen LogP contribution in [0.4, 0.5) is 5.69 Å². The van der Waals surface area contributed by atoms with Crippen LogP contribution in [0.15, 0.2) is 40.8 Å². The summed E-state index contributed by atoms with van der Waals surface area (Å²) in [7, 11) is 1.80. The molecule has 9 heteroatoms. The summed E-state index contributed by atoms with van der Waals surface area (Å²) in [4.78, 5) is 43.2. The number of carbonyl (C=O) groups is 1. The van der Waals surface area contributed by atoms with Gasteiger partial charge < -0.3 is 4.90 Å². The molecule has 0 aliphatic heterocycles. The van der Waals surface area contributed by atoms with Crippen molar-refractivity contribution in [3.8, 4) is 11.1 Å². The van der Waals surface area contributed by atoms with Gasteiger partial charge in [0.05, 0.1) is 16.6 Å². The summed E-state index contributed by atoms with van der Waals surface area (Å²) >= 11 is 1.30. The number of thiophene rings is 1. The number of rotatable bonds is 5. The molecule has 8 nitrogen and oxygen atoms in total. The summed E-state index contributed by atoms with van der Waals surface area (Å²) in [6, 6.07) is 6.40. The number of nitro benzene ring substituents is 1. The standard InChI is InChI=1S/C21H22N4O4S/c1-23(15-7-3-2-4-8-15)18(26)11-24-13-22-20-19(21(24)27)17(12-30-20)14-6-5-9-16(10-14)25(28)29/h5-6,9-10,12-13,15H,2-4,7-8,11H2,1H3. The molecule has 1 aliphatic carbocycles. The van der Waals surface area contributed by atoms with Gasteiger partial charge >= 0.3 is 0 Å². The molecule has 0 spiro atoms. The highest BCUT2D eigenvalue weighted by Crippen LogP contribution is 2.32. The first kappa shape index (κ1) is 20.2. The van der Waals surface area contributed by atoms with E-state index >= 15 is 0 Å². The molecule has 1 aliphatic rings. The highest BCUT2D eigenvalue weighted by Gasteiger charge is 2.23. The molecular formula is C21H22N4O4S. The van der Waals surface area contributed by atoms with Crippen LogP contribution in [0.25, 0.3) is 21.3 Å². The maximum absolute atomic E-state index is 13.2. The van der Waals surface area contributed by atoms with Gasteiger partial charge in [0, 0.05) is 36.2 Å². The Morgan fingerprint density at radius 2 is 2.10 bits per heavy atom. The number of carbonyl (C=O) groups excluding carboxylic acids is 1. The maximum atomic E-state index is 13.2. The van der Waals surface area contributed by atoms with Crippen LogP contribution in [0.2, 0.25) is 0 Å². The third-order valence-corrected chi connectivity index (χ3v) is 6.64. The van der Waals surface area contributed by atoms with Gasteiger partial charge in [-0.3, -0.25) is 24.3 Å². The lowest BCUT2D eigenvalue weighted by Crippen LogP contribution is -2.41. The fourth-order valence-electron chi connectivity index (χ4n) is 4.01. The molecule has 0 saturated heterocycles. The summed E-state index contributed by atoms with van der Waals surface area (Å²) in [5.41, 5.74) is 0.824. The van der Waals surface area contributed by atoms with Crippen molar-refractivity contribution in [2.45, 2.75) is 44.7 Å². The van der Waals surface area contributed by atoms with E-state index in [0.29, 0.717) is 21.3 Å². The predicted molar refractivity (Wildman–Crippen MR) is 116 cm³/mol. The Morgan fingerprint density at radius 3 is 2.83 bits per heavy atom. The molecule has 0 radical (unpaired) electrons. The molecule has 156 valence electrons. The van der Waals surface area contributed by atoms with Gasteiger partial charge in [0.2, 0.25) is 5.91 Å². The Labute approximate surface area is 176 Å². The van der Waals surface area contributed by atoms with Gasteiger partial charge in [0.25, 0.3) is 11.2 Å². The zero-order chi connectivity index (χ0) is 21.3. The van der Waals surface area contributed by atoms with E-state index in [2.05, 4.69) is 4.98 Å². The summed E-state index contributed by atoms with van der Waals surface area (Å²) < 4.78 is 1.33. The number of benzene rings is 1. The average molecular weight is 426 g/mol. The Morgan fingerprint density at radius 1 is 1.33 bits per heavy atom. The lowest BCUT2D eigenvalue weighted by molar-refractivity contribution is -0.384.